The van der Waals surface area contributed by atoms with Gasteiger partial charge in [0.05, 0.1) is 0 Å². The molecular formula is C7H12BN. The Labute approximate surface area is 56.9 Å². The summed E-state index contributed by atoms with van der Waals surface area (Å²) < 4.78 is 2.20. The molecule has 0 saturated heterocycles. The second-order valence-corrected chi connectivity index (χ2v) is 2.77. The Bertz CT molecular complexity index is 155. The van der Waals surface area contributed by atoms with Gasteiger partial charge in [0, 0.05) is 0 Å². The van der Waals surface area contributed by atoms with E-state index >= 15 is 0 Å². The van der Waals surface area contributed by atoms with E-state index in [-0.39, 0.29) is 0 Å². The Kier molecular flexibility index (Phi) is 2.09. The van der Waals surface area contributed by atoms with Crippen LogP contribution in [0.2, 0.25) is 0 Å². The summed E-state index contributed by atoms with van der Waals surface area (Å²) in [5, 5.41) is 0. The Hall–Kier alpha value is -0.525. The maximum atomic E-state index is 2.22. The van der Waals surface area contributed by atoms with E-state index in [0.717, 1.165) is 12.5 Å². The summed E-state index contributed by atoms with van der Waals surface area (Å²) in [4.78, 5) is 0. The van der Waals surface area contributed by atoms with Crippen LogP contribution in [0, 0.1) is 5.92 Å². The fourth-order valence-electron chi connectivity index (χ4n) is 0.914. The molecule has 1 nitrogen and oxygen atoms in total. The van der Waals surface area contributed by atoms with Crippen LogP contribution < -0.4 is 0 Å². The monoisotopic (exact) mass is 121 g/mol. The Morgan fingerprint density at radius 1 is 1.56 bits per heavy atom. The molecular weight excluding hydrogens is 109 g/mol. The first-order valence-corrected chi connectivity index (χ1v) is 3.40. The van der Waals surface area contributed by atoms with Crippen molar-refractivity contribution in [3.05, 3.63) is 18.2 Å². The van der Waals surface area contributed by atoms with Crippen molar-refractivity contribution in [1.82, 2.24) is 4.47 Å². The molecule has 0 spiro atoms. The third kappa shape index (κ3) is 2.04. The number of aromatic nitrogens is 1. The van der Waals surface area contributed by atoms with Crippen molar-refractivity contribution in [2.24, 2.45) is 5.92 Å². The van der Waals surface area contributed by atoms with Crippen molar-refractivity contribution in [3.8, 4) is 0 Å². The van der Waals surface area contributed by atoms with Crippen molar-refractivity contribution in [2.45, 2.75) is 20.4 Å². The Balaban J connectivity index is 2.48. The second kappa shape index (κ2) is 2.86. The van der Waals surface area contributed by atoms with Gasteiger partial charge in [-0.3, -0.25) is 0 Å². The van der Waals surface area contributed by atoms with E-state index in [1.54, 1.807) is 0 Å². The second-order valence-electron chi connectivity index (χ2n) is 2.77. The molecule has 0 fully saturated rings. The summed E-state index contributed by atoms with van der Waals surface area (Å²) in [6.07, 6.45) is 2.10. The summed E-state index contributed by atoms with van der Waals surface area (Å²) in [5.74, 6) is 2.81. The van der Waals surface area contributed by atoms with Gasteiger partial charge in [0.2, 0.25) is 0 Å². The van der Waals surface area contributed by atoms with Gasteiger partial charge in [-0.25, -0.2) is 0 Å². The van der Waals surface area contributed by atoms with Gasteiger partial charge in [-0.05, 0) is 0 Å². The van der Waals surface area contributed by atoms with Gasteiger partial charge in [-0.15, -0.1) is 0 Å². The van der Waals surface area contributed by atoms with Crippen molar-refractivity contribution >= 4 is 7.05 Å². The quantitative estimate of drug-likeness (QED) is 0.558. The molecule has 0 N–H and O–H groups in total. The molecule has 0 bridgehead atoms. The summed E-state index contributed by atoms with van der Waals surface area (Å²) in [6, 6.07) is 2.06. The summed E-state index contributed by atoms with van der Waals surface area (Å²) in [5.41, 5.74) is 0. The van der Waals surface area contributed by atoms with E-state index in [2.05, 4.69) is 43.6 Å². The van der Waals surface area contributed by atoms with Gasteiger partial charge in [-0.2, -0.15) is 0 Å². The number of rotatable bonds is 2. The molecule has 9 heavy (non-hydrogen) atoms. The molecule has 1 rings (SSSR count). The molecule has 0 amide bonds. The van der Waals surface area contributed by atoms with Crippen molar-refractivity contribution < 1.29 is 0 Å². The number of nitrogens with zero attached hydrogens (tertiary/aromatic N) is 1. The molecule has 1 aromatic rings. The fraction of sp³-hybridized carbons (Fsp3) is 0.571. The molecule has 1 heterocycles. The molecule has 48 valence electrons. The minimum atomic E-state index is 0.748. The van der Waals surface area contributed by atoms with Crippen LogP contribution in [-0.4, -0.2) is 11.5 Å². The average Bonchev–Trinajstić information content (AvgIpc) is 2.15. The predicted molar refractivity (Wildman–Crippen MR) is 40.6 cm³/mol. The zero-order chi connectivity index (χ0) is 6.69. The van der Waals surface area contributed by atoms with Crippen LogP contribution in [0.5, 0.6) is 0 Å². The molecule has 1 aromatic heterocycles. The van der Waals surface area contributed by atoms with E-state index in [9.17, 15) is 0 Å². The molecule has 0 radical (unpaired) electrons. The van der Waals surface area contributed by atoms with Crippen molar-refractivity contribution in [1.29, 1.82) is 0 Å². The maximum absolute atomic E-state index is 2.22. The minimum absolute atomic E-state index is 0.748. The van der Waals surface area contributed by atoms with E-state index in [1.807, 2.05) is 0 Å². The van der Waals surface area contributed by atoms with Crippen molar-refractivity contribution in [2.75, 3.05) is 0 Å². The van der Waals surface area contributed by atoms with Gasteiger partial charge in [0.15, 0.2) is 0 Å². The van der Waals surface area contributed by atoms with E-state index in [1.165, 1.54) is 0 Å². The predicted octanol–water partition coefficient (Wildman–Crippen LogP) is 1.48. The van der Waals surface area contributed by atoms with Crippen molar-refractivity contribution in [3.63, 3.8) is 0 Å². The fourth-order valence-corrected chi connectivity index (χ4v) is 0.914. The van der Waals surface area contributed by atoms with Gasteiger partial charge in [-0.1, -0.05) is 0 Å². The Morgan fingerprint density at radius 3 is 2.78 bits per heavy atom. The summed E-state index contributed by atoms with van der Waals surface area (Å²) >= 11 is 0. The molecule has 0 unspecified atom stereocenters. The molecule has 0 saturated carbocycles. The van der Waals surface area contributed by atoms with Crippen LogP contribution in [0.4, 0.5) is 0 Å². The number of hydrogen-bond donors (Lipinski definition) is 0. The molecule has 0 aliphatic heterocycles. The van der Waals surface area contributed by atoms with E-state index < -0.39 is 0 Å². The third-order valence-electron chi connectivity index (χ3n) is 1.24. The molecule has 0 aromatic carbocycles. The number of hydrogen-bond acceptors (Lipinski definition) is 0. The van der Waals surface area contributed by atoms with Gasteiger partial charge in [0.1, 0.15) is 0 Å². The van der Waals surface area contributed by atoms with Crippen LogP contribution in [0.15, 0.2) is 18.2 Å². The van der Waals surface area contributed by atoms with Crippen LogP contribution in [-0.2, 0) is 6.54 Å². The summed E-state index contributed by atoms with van der Waals surface area (Å²) in [7, 11) is 2.10. The average molecular weight is 121 g/mol. The standard InChI is InChI=1S/C7H12BN/c1-7(2)6-9-5-3-4-8-9/h3-5,7H,6H2,1-2H3. The van der Waals surface area contributed by atoms with E-state index in [0.29, 0.717) is 0 Å². The van der Waals surface area contributed by atoms with Crippen LogP contribution in [0.1, 0.15) is 13.8 Å². The molecule has 0 aliphatic rings. The first kappa shape index (κ1) is 6.59. The molecule has 0 aliphatic carbocycles. The first-order valence-electron chi connectivity index (χ1n) is 3.40. The third-order valence-corrected chi connectivity index (χ3v) is 1.24. The van der Waals surface area contributed by atoms with Gasteiger partial charge < -0.3 is 0 Å². The Morgan fingerprint density at radius 2 is 2.33 bits per heavy atom. The molecule has 0 atom stereocenters. The van der Waals surface area contributed by atoms with Crippen LogP contribution in [0.3, 0.4) is 0 Å². The topological polar surface area (TPSA) is 4.93 Å². The van der Waals surface area contributed by atoms with Crippen LogP contribution >= 0.6 is 0 Å². The summed E-state index contributed by atoms with van der Waals surface area (Å²) in [6.45, 7) is 5.58. The molecule has 2 heteroatoms. The SMILES string of the molecule is CC(C)Cn1bccc1. The zero-order valence-corrected chi connectivity index (χ0v) is 6.04. The first-order chi connectivity index (χ1) is 4.29. The van der Waals surface area contributed by atoms with E-state index in [4.69, 9.17) is 0 Å². The van der Waals surface area contributed by atoms with Gasteiger partial charge >= 0.3 is 56.1 Å². The normalized spacial score (nSPS) is 10.1. The zero-order valence-electron chi connectivity index (χ0n) is 6.04. The van der Waals surface area contributed by atoms with Gasteiger partial charge in [0.25, 0.3) is 0 Å². The van der Waals surface area contributed by atoms with Crippen LogP contribution in [0.25, 0.3) is 0 Å².